The first-order chi connectivity index (χ1) is 41.3. The Morgan fingerprint density at radius 3 is 1.73 bits per heavy atom. The van der Waals surface area contributed by atoms with Gasteiger partial charge in [0.05, 0.1) is 21.9 Å². The molecule has 6 aliphatic heterocycles. The average Bonchev–Trinajstić information content (AvgIpc) is 3.65. The van der Waals surface area contributed by atoms with Crippen LogP contribution < -0.4 is 29.9 Å². The van der Waals surface area contributed by atoms with Crippen LogP contribution in [0.1, 0.15) is 88.8 Å². The molecule has 4 aromatic carbocycles. The van der Waals surface area contributed by atoms with E-state index in [0.717, 1.165) is 57.9 Å². The standard InChI is InChI=1S/C66H66F4N12O3/c1-6-46-53(67)20-15-37-11-8-14-48(55(37)46)59-57(69)61-51(27-71-59)63(79-29-39-16-17-40(30-79)73-39)78-66(75-61)85-34-44-13-10-22-82(44)36(5)23-38-24-54(68)47(7-2)56-49(38)25-45(83)26-50(56)60-58(70)62-52(28-72-60)64(80-31-41-18-19-42(32-80)74-41)77-65(76-62)84-33-43-12-9-21-81(43)35(3)4/h1-2,8,11,14-15,20,24-28,35-36,39-44,73-74,83H,9-10,12-13,16-19,21-23,29-34H2,3-5H3/t36?,39?,40?,41?,42?,43-,44-/m0/s1. The number of nitrogens with zero attached hydrogens (tertiary/aromatic N) is 10. The molecule has 4 bridgehead atoms. The van der Waals surface area contributed by atoms with Gasteiger partial charge in [-0.25, -0.2) is 17.6 Å². The van der Waals surface area contributed by atoms with E-state index in [9.17, 15) is 5.11 Å². The number of rotatable bonds is 14. The van der Waals surface area contributed by atoms with E-state index in [2.05, 4.69) is 67.8 Å². The predicted octanol–water partition coefficient (Wildman–Crippen LogP) is 9.84. The van der Waals surface area contributed by atoms with Gasteiger partial charge in [-0.3, -0.25) is 19.8 Å². The van der Waals surface area contributed by atoms with Crippen LogP contribution in [0.4, 0.5) is 29.2 Å². The molecule has 0 aliphatic carbocycles. The molecule has 436 valence electrons. The molecule has 6 fully saturated rings. The van der Waals surface area contributed by atoms with E-state index in [1.807, 2.05) is 0 Å². The number of terminal acetylenes is 2. The maximum atomic E-state index is 17.8. The van der Waals surface area contributed by atoms with Crippen molar-refractivity contribution in [3.8, 4) is 65.0 Å². The van der Waals surface area contributed by atoms with E-state index >= 15 is 17.6 Å². The molecule has 10 heterocycles. The Balaban J connectivity index is 0.779. The number of ether oxygens (including phenoxy) is 2. The fraction of sp³-hybridized carbons (Fsp3) is 0.424. The Morgan fingerprint density at radius 1 is 0.624 bits per heavy atom. The highest BCUT2D eigenvalue weighted by molar-refractivity contribution is 6.05. The normalized spacial score (nSPS) is 22.8. The van der Waals surface area contributed by atoms with Gasteiger partial charge in [-0.1, -0.05) is 36.1 Å². The third kappa shape index (κ3) is 9.92. The predicted molar refractivity (Wildman–Crippen MR) is 321 cm³/mol. The Kier molecular flexibility index (Phi) is 14.3. The molecule has 6 aliphatic rings. The molecule has 5 unspecified atom stereocenters. The molecule has 14 rings (SSSR count). The van der Waals surface area contributed by atoms with Gasteiger partial charge >= 0.3 is 12.0 Å². The summed E-state index contributed by atoms with van der Waals surface area (Å²) in [5.74, 6) is 3.12. The molecule has 3 N–H and O–H groups in total. The molecule has 0 saturated carbocycles. The van der Waals surface area contributed by atoms with E-state index in [1.54, 1.807) is 42.7 Å². The highest BCUT2D eigenvalue weighted by atomic mass is 19.1. The smallest absolute Gasteiger partial charge is 0.319 e. The number of anilines is 2. The second kappa shape index (κ2) is 22.2. The molecule has 7 atom stereocenters. The second-order valence-electron chi connectivity index (χ2n) is 24.4. The van der Waals surface area contributed by atoms with Crippen molar-refractivity contribution in [1.82, 2.24) is 50.3 Å². The van der Waals surface area contributed by atoms with Crippen molar-refractivity contribution >= 4 is 55.0 Å². The van der Waals surface area contributed by atoms with Gasteiger partial charge in [0.2, 0.25) is 0 Å². The van der Waals surface area contributed by atoms with E-state index in [-0.39, 0.29) is 111 Å². The van der Waals surface area contributed by atoms with Gasteiger partial charge in [0.15, 0.2) is 11.6 Å². The fourth-order valence-electron chi connectivity index (χ4n) is 14.8. The summed E-state index contributed by atoms with van der Waals surface area (Å²) >= 11 is 0. The van der Waals surface area contributed by atoms with Crippen molar-refractivity contribution in [2.24, 2.45) is 0 Å². The van der Waals surface area contributed by atoms with Crippen LogP contribution in [0.15, 0.2) is 60.9 Å². The van der Waals surface area contributed by atoms with Crippen LogP contribution in [0.25, 0.3) is 65.9 Å². The molecular formula is C66H66F4N12O3. The first-order valence-corrected chi connectivity index (χ1v) is 29.9. The van der Waals surface area contributed by atoms with Gasteiger partial charge in [0, 0.05) is 109 Å². The minimum atomic E-state index is -0.773. The lowest BCUT2D eigenvalue weighted by atomic mass is 9.90. The number of likely N-dealkylation sites (tertiary alicyclic amines) is 2. The van der Waals surface area contributed by atoms with E-state index in [0.29, 0.717) is 101 Å². The molecule has 0 radical (unpaired) electrons. The van der Waals surface area contributed by atoms with Gasteiger partial charge in [0.25, 0.3) is 0 Å². The number of benzene rings is 4. The van der Waals surface area contributed by atoms with Crippen LogP contribution in [0.2, 0.25) is 0 Å². The van der Waals surface area contributed by atoms with Gasteiger partial charge in [-0.05, 0) is 132 Å². The summed E-state index contributed by atoms with van der Waals surface area (Å²) in [7, 11) is 0. The number of phenolic OH excluding ortho intramolecular Hbond substituents is 1. The summed E-state index contributed by atoms with van der Waals surface area (Å²) in [4.78, 5) is 37.8. The van der Waals surface area contributed by atoms with Crippen molar-refractivity contribution in [3.05, 3.63) is 101 Å². The molecule has 6 saturated heterocycles. The van der Waals surface area contributed by atoms with Crippen LogP contribution in [0.5, 0.6) is 17.8 Å². The number of phenols is 1. The quantitative estimate of drug-likeness (QED) is 0.0699. The highest BCUT2D eigenvalue weighted by Crippen LogP contribution is 2.43. The van der Waals surface area contributed by atoms with Crippen LogP contribution >= 0.6 is 0 Å². The van der Waals surface area contributed by atoms with Crippen LogP contribution in [0.3, 0.4) is 0 Å². The zero-order valence-corrected chi connectivity index (χ0v) is 47.8. The number of hydrogen-bond donors (Lipinski definition) is 3. The monoisotopic (exact) mass is 1150 g/mol. The zero-order valence-electron chi connectivity index (χ0n) is 47.8. The molecule has 85 heavy (non-hydrogen) atoms. The van der Waals surface area contributed by atoms with E-state index < -0.39 is 23.3 Å². The minimum Gasteiger partial charge on any atom is -0.508 e. The molecule has 4 aromatic heterocycles. The molecule has 15 nitrogen and oxygen atoms in total. The summed E-state index contributed by atoms with van der Waals surface area (Å²) < 4.78 is 80.0. The third-order valence-electron chi connectivity index (χ3n) is 18.8. The van der Waals surface area contributed by atoms with Gasteiger partial charge < -0.3 is 35.0 Å². The van der Waals surface area contributed by atoms with Gasteiger partial charge in [0.1, 0.15) is 64.7 Å². The number of aromatic hydroxyl groups is 1. The topological polar surface area (TPSA) is 153 Å². The average molecular weight is 1150 g/mol. The third-order valence-corrected chi connectivity index (χ3v) is 18.8. The van der Waals surface area contributed by atoms with E-state index in [1.165, 1.54) is 18.2 Å². The highest BCUT2D eigenvalue weighted by Gasteiger charge is 2.38. The molecule has 8 aromatic rings. The van der Waals surface area contributed by atoms with Gasteiger partial charge in [-0.2, -0.15) is 19.9 Å². The van der Waals surface area contributed by atoms with Gasteiger partial charge in [-0.15, -0.1) is 12.8 Å². The number of hydrogen-bond acceptors (Lipinski definition) is 15. The maximum Gasteiger partial charge on any atom is 0.319 e. The van der Waals surface area contributed by atoms with Crippen molar-refractivity contribution in [2.45, 2.75) is 127 Å². The fourth-order valence-corrected chi connectivity index (χ4v) is 14.8. The van der Waals surface area contributed by atoms with Crippen LogP contribution in [-0.4, -0.2) is 146 Å². The van der Waals surface area contributed by atoms with Crippen LogP contribution in [0, 0.1) is 48.0 Å². The SMILES string of the molecule is C#Cc1c(F)ccc2cccc(-c3ncc4c(N5CC6CCC(C5)N6)nc(OC[C@@H]5CCCN5C(C)Cc5cc(F)c(C#C)c6c(-c7ncc8c(N9CC%10CCC(C9)N%10)nc(OC[C@@H]9CCCN9C(C)C)nc8c7F)cc(O)cc56)nc4c3F)c12. The second-order valence-corrected chi connectivity index (χ2v) is 24.4. The Bertz CT molecular complexity index is 4060. The van der Waals surface area contributed by atoms with Crippen molar-refractivity contribution < 1.29 is 32.1 Å². The summed E-state index contributed by atoms with van der Waals surface area (Å²) in [6.07, 6.45) is 23.1. The van der Waals surface area contributed by atoms with Crippen molar-refractivity contribution in [2.75, 3.05) is 62.3 Å². The Morgan fingerprint density at radius 2 is 1.16 bits per heavy atom. The number of piperazine rings is 2. The van der Waals surface area contributed by atoms with Crippen molar-refractivity contribution in [1.29, 1.82) is 0 Å². The lowest BCUT2D eigenvalue weighted by molar-refractivity contribution is 0.131. The number of nitrogens with one attached hydrogen (secondary N) is 2. The lowest BCUT2D eigenvalue weighted by Crippen LogP contribution is -2.51. The molecule has 0 spiro atoms. The van der Waals surface area contributed by atoms with Crippen LogP contribution in [-0.2, 0) is 6.42 Å². The number of fused-ring (bicyclic) bond motifs is 8. The summed E-state index contributed by atoms with van der Waals surface area (Å²) in [6, 6.07) is 13.7. The largest absolute Gasteiger partial charge is 0.508 e. The first kappa shape index (κ1) is 55.0. The Hall–Kier alpha value is -7.94. The summed E-state index contributed by atoms with van der Waals surface area (Å²) in [6.45, 7) is 11.2. The van der Waals surface area contributed by atoms with Crippen molar-refractivity contribution in [3.63, 3.8) is 0 Å². The summed E-state index contributed by atoms with van der Waals surface area (Å²) in [5.41, 5.74) is 0.771. The summed E-state index contributed by atoms with van der Waals surface area (Å²) in [5, 5.41) is 21.4. The minimum absolute atomic E-state index is 0.000123. The first-order valence-electron chi connectivity index (χ1n) is 29.9. The maximum absolute atomic E-state index is 17.8. The lowest BCUT2D eigenvalue weighted by Gasteiger charge is -2.34. The number of pyridine rings is 2. The molecule has 19 heteroatoms. The molecular weight excluding hydrogens is 1080 g/mol. The molecule has 0 amide bonds. The number of aromatic nitrogens is 6. The Labute approximate surface area is 490 Å². The zero-order chi connectivity index (χ0) is 58.4. The number of halogens is 4. The van der Waals surface area contributed by atoms with E-state index in [4.69, 9.17) is 47.2 Å².